The highest BCUT2D eigenvalue weighted by molar-refractivity contribution is 7.16. The molecule has 10 nitrogen and oxygen atoms in total. The van der Waals surface area contributed by atoms with Gasteiger partial charge in [0.15, 0.2) is 5.96 Å². The number of nitrogens with one attached hydrogen (secondary N) is 2. The fraction of sp³-hybridized carbons (Fsp3) is 0.263. The number of likely N-dealkylation sites (tertiary alicyclic amines) is 1. The number of aromatic nitrogens is 1. The highest BCUT2D eigenvalue weighted by atomic mass is 32.1. The van der Waals surface area contributed by atoms with Crippen LogP contribution in [0.5, 0.6) is 0 Å². The number of guanidine groups is 1. The molecule has 0 bridgehead atoms. The van der Waals surface area contributed by atoms with Crippen LogP contribution in [-0.4, -0.2) is 46.8 Å². The molecule has 3 rings (SSSR count). The molecule has 1 aliphatic rings. The third kappa shape index (κ3) is 5.06. The molecule has 30 heavy (non-hydrogen) atoms. The number of carbonyl (C=O) groups is 2. The average molecular weight is 429 g/mol. The van der Waals surface area contributed by atoms with Crippen molar-refractivity contribution < 1.29 is 9.59 Å². The Hall–Kier alpha value is -3.60. The number of nitrogens with two attached hydrogens (primary N) is 3. The van der Waals surface area contributed by atoms with Crippen LogP contribution in [0.3, 0.4) is 0 Å². The molecule has 2 amide bonds. The van der Waals surface area contributed by atoms with E-state index in [1.807, 2.05) is 12.1 Å². The fourth-order valence-corrected chi connectivity index (χ4v) is 3.83. The minimum Gasteiger partial charge on any atom is -0.391 e. The summed E-state index contributed by atoms with van der Waals surface area (Å²) in [6.45, 7) is 4.61. The number of rotatable bonds is 6. The molecule has 158 valence electrons. The minimum absolute atomic E-state index is 0.0541. The first-order valence-electron chi connectivity index (χ1n) is 9.29. The van der Waals surface area contributed by atoms with Crippen LogP contribution in [0.2, 0.25) is 0 Å². The zero-order valence-corrected chi connectivity index (χ0v) is 17.1. The Balaban J connectivity index is 1.76. The third-order valence-electron chi connectivity index (χ3n) is 4.59. The quantitative estimate of drug-likeness (QED) is 0.252. The molecule has 1 saturated heterocycles. The maximum Gasteiger partial charge on any atom is 0.268 e. The van der Waals surface area contributed by atoms with Crippen LogP contribution in [0.1, 0.15) is 12.8 Å². The number of thiazole rings is 1. The molecule has 0 spiro atoms. The lowest BCUT2D eigenvalue weighted by molar-refractivity contribution is -0.127. The van der Waals surface area contributed by atoms with E-state index in [2.05, 4.69) is 27.2 Å². The maximum absolute atomic E-state index is 11.8. The first kappa shape index (κ1) is 21.1. The first-order valence-corrected chi connectivity index (χ1v) is 10.2. The largest absolute Gasteiger partial charge is 0.391 e. The van der Waals surface area contributed by atoms with E-state index in [-0.39, 0.29) is 29.4 Å². The Morgan fingerprint density at radius 2 is 2.13 bits per heavy atom. The van der Waals surface area contributed by atoms with Crippen molar-refractivity contribution in [1.29, 1.82) is 0 Å². The molecule has 11 heteroatoms. The third-order valence-corrected chi connectivity index (χ3v) is 5.38. The van der Waals surface area contributed by atoms with Crippen LogP contribution in [0.4, 0.5) is 5.69 Å². The molecular weight excluding hydrogens is 404 g/mol. The van der Waals surface area contributed by atoms with Crippen LogP contribution < -0.4 is 27.8 Å². The van der Waals surface area contributed by atoms with E-state index in [0.717, 1.165) is 23.1 Å². The molecule has 1 aromatic heterocycles. The van der Waals surface area contributed by atoms with Gasteiger partial charge in [0.2, 0.25) is 5.91 Å². The highest BCUT2D eigenvalue weighted by Crippen LogP contribution is 2.22. The predicted octanol–water partition coefficient (Wildman–Crippen LogP) is 0.403. The van der Waals surface area contributed by atoms with Crippen molar-refractivity contribution >= 4 is 45.0 Å². The van der Waals surface area contributed by atoms with Gasteiger partial charge in [-0.25, -0.2) is 9.98 Å². The van der Waals surface area contributed by atoms with Gasteiger partial charge in [-0.1, -0.05) is 6.58 Å². The second-order valence-corrected chi connectivity index (χ2v) is 7.62. The molecule has 0 aliphatic carbocycles. The van der Waals surface area contributed by atoms with Gasteiger partial charge in [-0.3, -0.25) is 9.59 Å². The number of nitrogens with zero attached hydrogens (tertiary/aromatic N) is 3. The van der Waals surface area contributed by atoms with E-state index in [1.165, 1.54) is 17.4 Å². The highest BCUT2D eigenvalue weighted by Gasteiger charge is 2.22. The van der Waals surface area contributed by atoms with Crippen LogP contribution in [0.25, 0.3) is 10.2 Å². The fourth-order valence-electron chi connectivity index (χ4n) is 3.11. The van der Waals surface area contributed by atoms with E-state index in [9.17, 15) is 9.59 Å². The molecule has 1 atom stereocenters. The van der Waals surface area contributed by atoms with E-state index < -0.39 is 5.91 Å². The summed E-state index contributed by atoms with van der Waals surface area (Å²) in [7, 11) is 0. The monoisotopic (exact) mass is 428 g/mol. The van der Waals surface area contributed by atoms with Crippen molar-refractivity contribution in [3.05, 3.63) is 47.9 Å². The van der Waals surface area contributed by atoms with Crippen molar-refractivity contribution in [2.45, 2.75) is 18.9 Å². The number of aliphatic imine (C=N–C) groups is 1. The average Bonchev–Trinajstić information content (AvgIpc) is 3.20. The van der Waals surface area contributed by atoms with Gasteiger partial charge in [-0.2, -0.15) is 0 Å². The second-order valence-electron chi connectivity index (χ2n) is 6.74. The van der Waals surface area contributed by atoms with Gasteiger partial charge in [-0.15, -0.1) is 11.3 Å². The number of hydrogen-bond donors (Lipinski definition) is 5. The number of hydrogen-bond acceptors (Lipinski definition) is 7. The van der Waals surface area contributed by atoms with Crippen molar-refractivity contribution in [3.8, 4) is 0 Å². The summed E-state index contributed by atoms with van der Waals surface area (Å²) in [6, 6.07) is 5.33. The number of primary amides is 1. The Bertz CT molecular complexity index is 1030. The molecule has 0 radical (unpaired) electrons. The molecule has 1 fully saturated rings. The summed E-state index contributed by atoms with van der Waals surface area (Å²) in [6.07, 6.45) is 2.87. The summed E-state index contributed by atoms with van der Waals surface area (Å²) >= 11 is 1.49. The van der Waals surface area contributed by atoms with Gasteiger partial charge < -0.3 is 32.7 Å². The molecular formula is C19H24N8O2S. The molecule has 0 saturated carbocycles. The van der Waals surface area contributed by atoms with Gasteiger partial charge in [0.05, 0.1) is 21.8 Å². The van der Waals surface area contributed by atoms with Gasteiger partial charge >= 0.3 is 0 Å². The van der Waals surface area contributed by atoms with Gasteiger partial charge in [0.1, 0.15) is 11.5 Å². The number of carbonyl (C=O) groups excluding carboxylic acids is 2. The van der Waals surface area contributed by atoms with Crippen LogP contribution in [-0.2, 0) is 9.59 Å². The van der Waals surface area contributed by atoms with E-state index in [4.69, 9.17) is 17.2 Å². The summed E-state index contributed by atoms with van der Waals surface area (Å²) in [5.41, 5.74) is 20.3. The zero-order chi connectivity index (χ0) is 21.7. The van der Waals surface area contributed by atoms with Crippen LogP contribution in [0, 0.1) is 0 Å². The van der Waals surface area contributed by atoms with E-state index >= 15 is 0 Å². The summed E-state index contributed by atoms with van der Waals surface area (Å²) in [5, 5.41) is 5.86. The Morgan fingerprint density at radius 3 is 2.87 bits per heavy atom. The Morgan fingerprint density at radius 1 is 1.33 bits per heavy atom. The lowest BCUT2D eigenvalue weighted by atomic mass is 10.1. The van der Waals surface area contributed by atoms with Crippen molar-refractivity contribution in [2.75, 3.05) is 18.4 Å². The van der Waals surface area contributed by atoms with Crippen molar-refractivity contribution in [3.63, 3.8) is 0 Å². The topological polar surface area (TPSA) is 165 Å². The van der Waals surface area contributed by atoms with Crippen molar-refractivity contribution in [2.24, 2.45) is 22.2 Å². The van der Waals surface area contributed by atoms with Crippen molar-refractivity contribution in [1.82, 2.24) is 15.2 Å². The number of benzene rings is 1. The Kier molecular flexibility index (Phi) is 6.52. The summed E-state index contributed by atoms with van der Waals surface area (Å²) in [4.78, 5) is 33.8. The van der Waals surface area contributed by atoms with E-state index in [0.29, 0.717) is 18.8 Å². The zero-order valence-electron chi connectivity index (χ0n) is 16.3. The number of fused-ring (bicyclic) bond motifs is 1. The summed E-state index contributed by atoms with van der Waals surface area (Å²) in [5.74, 6) is -0.766. The standard InChI is InChI=1S/C19H24N8O2S/c1-2-15(28)27-7-3-4-12(9-27)25-19(22)26-18(16(20)17(21)29)24-11-5-6-13-14(8-11)30-10-23-13/h2,5-6,8,10,12,24H,1,3-4,7,9,20H2,(H2,21,29)(H3,22,25,26)/b18-16-. The predicted molar refractivity (Wildman–Crippen MR) is 118 cm³/mol. The normalized spacial score (nSPS) is 17.9. The molecule has 2 aromatic rings. The minimum atomic E-state index is -0.808. The molecule has 1 aromatic carbocycles. The SMILES string of the molecule is C=CC(=O)N1CCCC(N=C(N)N/C(Nc2ccc3ncsc3c2)=C(\N)C(N)=O)C1. The number of anilines is 1. The molecule has 8 N–H and O–H groups in total. The van der Waals surface area contributed by atoms with Crippen LogP contribution in [0.15, 0.2) is 52.9 Å². The lowest BCUT2D eigenvalue weighted by Gasteiger charge is -2.30. The first-order chi connectivity index (χ1) is 14.4. The maximum atomic E-state index is 11.8. The van der Waals surface area contributed by atoms with Gasteiger partial charge in [-0.05, 0) is 37.1 Å². The van der Waals surface area contributed by atoms with Gasteiger partial charge in [0, 0.05) is 18.8 Å². The molecule has 1 unspecified atom stereocenters. The van der Waals surface area contributed by atoms with E-state index in [1.54, 1.807) is 16.5 Å². The Labute approximate surface area is 177 Å². The molecule has 2 heterocycles. The summed E-state index contributed by atoms with van der Waals surface area (Å²) < 4.78 is 0.966. The van der Waals surface area contributed by atoms with Crippen LogP contribution >= 0.6 is 11.3 Å². The second kappa shape index (κ2) is 9.27. The lowest BCUT2D eigenvalue weighted by Crippen LogP contribution is -2.43. The molecule has 1 aliphatic heterocycles. The number of piperidine rings is 1. The smallest absolute Gasteiger partial charge is 0.268 e. The number of amides is 2. The van der Waals surface area contributed by atoms with Gasteiger partial charge in [0.25, 0.3) is 5.91 Å².